The number of carbonyl (C=O) groups excluding carboxylic acids is 1. The van der Waals surface area contributed by atoms with Gasteiger partial charge in [-0.3, -0.25) is 4.79 Å². The van der Waals surface area contributed by atoms with E-state index in [0.29, 0.717) is 27.4 Å². The Morgan fingerprint density at radius 2 is 1.73 bits per heavy atom. The number of carbonyl (C=O) groups is 1. The molecule has 0 unspecified atom stereocenters. The van der Waals surface area contributed by atoms with Gasteiger partial charge in [-0.05, 0) is 48.0 Å². The maximum absolute atomic E-state index is 12.2. The molecule has 0 atom stereocenters. The quantitative estimate of drug-likeness (QED) is 0.591. The van der Waals surface area contributed by atoms with Crippen LogP contribution in [0.5, 0.6) is 0 Å². The van der Waals surface area contributed by atoms with E-state index >= 15 is 0 Å². The van der Waals surface area contributed by atoms with Crippen molar-refractivity contribution in [3.63, 3.8) is 0 Å². The number of rotatable bonds is 5. The predicted molar refractivity (Wildman–Crippen MR) is 87.4 cm³/mol. The highest BCUT2D eigenvalue weighted by atomic mass is 35.5. The molecule has 0 bridgehead atoms. The lowest BCUT2D eigenvalue weighted by atomic mass is 10.2. The molecule has 22 heavy (non-hydrogen) atoms. The van der Waals surface area contributed by atoms with Gasteiger partial charge in [0, 0.05) is 21.7 Å². The highest BCUT2D eigenvalue weighted by Crippen LogP contribution is 2.25. The monoisotopic (exact) mass is 339 g/mol. The molecule has 2 rings (SSSR count). The van der Waals surface area contributed by atoms with Crippen LogP contribution in [-0.2, 0) is 4.79 Å². The molecule has 0 aromatic heterocycles. The van der Waals surface area contributed by atoms with E-state index < -0.39 is 5.76 Å². The minimum atomic E-state index is -2.44. The van der Waals surface area contributed by atoms with Gasteiger partial charge < -0.3 is 5.32 Å². The third kappa shape index (κ3) is 5.50. The SMILES string of the molecule is O=C(C=Cc1ccc(SC(F)F)cc1)Nc1ccc(Cl)cc1. The van der Waals surface area contributed by atoms with Crippen molar-refractivity contribution in [2.45, 2.75) is 10.7 Å². The summed E-state index contributed by atoms with van der Waals surface area (Å²) in [6.07, 6.45) is 2.99. The lowest BCUT2D eigenvalue weighted by Crippen LogP contribution is -2.07. The van der Waals surface area contributed by atoms with Gasteiger partial charge in [0.2, 0.25) is 5.91 Å². The van der Waals surface area contributed by atoms with Gasteiger partial charge in [0.05, 0.1) is 0 Å². The van der Waals surface area contributed by atoms with Crippen molar-refractivity contribution in [1.29, 1.82) is 0 Å². The van der Waals surface area contributed by atoms with E-state index in [9.17, 15) is 13.6 Å². The average molecular weight is 340 g/mol. The largest absolute Gasteiger partial charge is 0.323 e. The maximum Gasteiger partial charge on any atom is 0.288 e. The molecule has 0 saturated heterocycles. The molecule has 2 nitrogen and oxygen atoms in total. The van der Waals surface area contributed by atoms with Gasteiger partial charge in [-0.15, -0.1) is 0 Å². The summed E-state index contributed by atoms with van der Waals surface area (Å²) in [5, 5.41) is 3.28. The summed E-state index contributed by atoms with van der Waals surface area (Å²) in [6, 6.07) is 13.3. The Kier molecular flexibility index (Phi) is 5.98. The maximum atomic E-state index is 12.2. The molecular weight excluding hydrogens is 328 g/mol. The van der Waals surface area contributed by atoms with E-state index in [1.807, 2.05) is 0 Å². The Morgan fingerprint density at radius 1 is 1.09 bits per heavy atom. The molecule has 1 N–H and O–H groups in total. The molecule has 0 radical (unpaired) electrons. The van der Waals surface area contributed by atoms with E-state index in [1.165, 1.54) is 6.08 Å². The number of halogens is 3. The minimum absolute atomic E-state index is 0.284. The van der Waals surface area contributed by atoms with E-state index in [0.717, 1.165) is 5.56 Å². The van der Waals surface area contributed by atoms with Gasteiger partial charge in [-0.25, -0.2) is 0 Å². The number of amides is 1. The smallest absolute Gasteiger partial charge is 0.288 e. The standard InChI is InChI=1S/C16H12ClF2NOS/c17-12-4-6-13(7-5-12)20-15(21)10-3-11-1-8-14(9-2-11)22-16(18)19/h1-10,16H,(H,20,21). The number of anilines is 1. The second-order valence-electron chi connectivity index (χ2n) is 4.28. The van der Waals surface area contributed by atoms with Gasteiger partial charge in [0.25, 0.3) is 5.76 Å². The van der Waals surface area contributed by atoms with Crippen LogP contribution in [0.1, 0.15) is 5.56 Å². The van der Waals surface area contributed by atoms with Crippen LogP contribution in [0.2, 0.25) is 5.02 Å². The molecule has 0 heterocycles. The molecule has 0 saturated carbocycles. The molecule has 6 heteroatoms. The Labute approximate surface area is 136 Å². The summed E-state index contributed by atoms with van der Waals surface area (Å²) in [4.78, 5) is 12.2. The van der Waals surface area contributed by atoms with Crippen molar-refractivity contribution in [1.82, 2.24) is 0 Å². The lowest BCUT2D eigenvalue weighted by Gasteiger charge is -2.02. The van der Waals surface area contributed by atoms with E-state index in [4.69, 9.17) is 11.6 Å². The summed E-state index contributed by atoms with van der Waals surface area (Å²) in [7, 11) is 0. The highest BCUT2D eigenvalue weighted by molar-refractivity contribution is 7.99. The van der Waals surface area contributed by atoms with Crippen molar-refractivity contribution in [3.05, 3.63) is 65.2 Å². The first-order chi connectivity index (χ1) is 10.5. The number of hydrogen-bond acceptors (Lipinski definition) is 2. The summed E-state index contributed by atoms with van der Waals surface area (Å²) in [6.45, 7) is 0. The van der Waals surface area contributed by atoms with Crippen molar-refractivity contribution in [2.24, 2.45) is 0 Å². The van der Waals surface area contributed by atoms with Crippen molar-refractivity contribution in [2.75, 3.05) is 5.32 Å². The predicted octanol–water partition coefficient (Wildman–Crippen LogP) is 5.31. The molecule has 0 aliphatic carbocycles. The fourth-order valence-corrected chi connectivity index (χ4v) is 2.27. The normalized spacial score (nSPS) is 11.1. The van der Waals surface area contributed by atoms with Crippen LogP contribution in [0.25, 0.3) is 6.08 Å². The fraction of sp³-hybridized carbons (Fsp3) is 0.0625. The first kappa shape index (κ1) is 16.5. The Balaban J connectivity index is 1.93. The van der Waals surface area contributed by atoms with E-state index in [1.54, 1.807) is 54.6 Å². The third-order valence-electron chi connectivity index (χ3n) is 2.64. The Morgan fingerprint density at radius 3 is 2.32 bits per heavy atom. The summed E-state index contributed by atoms with van der Waals surface area (Å²) in [5.74, 6) is -2.72. The Hall–Kier alpha value is -1.85. The number of alkyl halides is 2. The van der Waals surface area contributed by atoms with Gasteiger partial charge in [0.15, 0.2) is 0 Å². The van der Waals surface area contributed by atoms with Crippen LogP contribution < -0.4 is 5.32 Å². The van der Waals surface area contributed by atoms with Crippen LogP contribution in [0, 0.1) is 0 Å². The first-order valence-electron chi connectivity index (χ1n) is 6.32. The van der Waals surface area contributed by atoms with Crippen molar-refractivity contribution >= 4 is 41.0 Å². The number of hydrogen-bond donors (Lipinski definition) is 1. The topological polar surface area (TPSA) is 29.1 Å². The summed E-state index contributed by atoms with van der Waals surface area (Å²) < 4.78 is 24.4. The van der Waals surface area contributed by atoms with Crippen molar-refractivity contribution < 1.29 is 13.6 Å². The van der Waals surface area contributed by atoms with Gasteiger partial charge in [-0.1, -0.05) is 35.5 Å². The Bertz CT molecular complexity index is 657. The summed E-state index contributed by atoms with van der Waals surface area (Å²) >= 11 is 6.25. The van der Waals surface area contributed by atoms with Crippen LogP contribution in [0.4, 0.5) is 14.5 Å². The molecule has 114 valence electrons. The fourth-order valence-electron chi connectivity index (χ4n) is 1.65. The molecule has 1 amide bonds. The zero-order chi connectivity index (χ0) is 15.9. The molecule has 0 aliphatic heterocycles. The molecule has 0 fully saturated rings. The van der Waals surface area contributed by atoms with Crippen LogP contribution >= 0.6 is 23.4 Å². The molecule has 2 aromatic carbocycles. The number of nitrogens with one attached hydrogen (secondary N) is 1. The van der Waals surface area contributed by atoms with Gasteiger partial charge >= 0.3 is 0 Å². The summed E-state index contributed by atoms with van der Waals surface area (Å²) in [5.41, 5.74) is 1.40. The number of thioether (sulfide) groups is 1. The second-order valence-corrected chi connectivity index (χ2v) is 5.78. The first-order valence-corrected chi connectivity index (χ1v) is 7.58. The van der Waals surface area contributed by atoms with E-state index in [-0.39, 0.29) is 5.91 Å². The van der Waals surface area contributed by atoms with Crippen LogP contribution in [0.15, 0.2) is 59.5 Å². The third-order valence-corrected chi connectivity index (χ3v) is 3.62. The van der Waals surface area contributed by atoms with Crippen LogP contribution in [-0.4, -0.2) is 11.7 Å². The van der Waals surface area contributed by atoms with E-state index in [2.05, 4.69) is 5.32 Å². The molecule has 0 aliphatic rings. The lowest BCUT2D eigenvalue weighted by molar-refractivity contribution is -0.111. The molecule has 2 aromatic rings. The minimum Gasteiger partial charge on any atom is -0.323 e. The average Bonchev–Trinajstić information content (AvgIpc) is 2.48. The molecular formula is C16H12ClF2NOS. The van der Waals surface area contributed by atoms with Gasteiger partial charge in [0.1, 0.15) is 0 Å². The second kappa shape index (κ2) is 7.96. The zero-order valence-corrected chi connectivity index (χ0v) is 12.9. The zero-order valence-electron chi connectivity index (χ0n) is 11.3. The number of benzene rings is 2. The van der Waals surface area contributed by atoms with Gasteiger partial charge in [-0.2, -0.15) is 8.78 Å². The highest BCUT2D eigenvalue weighted by Gasteiger charge is 2.04. The van der Waals surface area contributed by atoms with Crippen molar-refractivity contribution in [3.8, 4) is 0 Å². The molecule has 0 spiro atoms. The van der Waals surface area contributed by atoms with Crippen LogP contribution in [0.3, 0.4) is 0 Å².